The molecule has 1 amide bonds. The van der Waals surface area contributed by atoms with Crippen LogP contribution in [0.2, 0.25) is 5.02 Å². The number of anilines is 1. The lowest BCUT2D eigenvalue weighted by atomic mass is 9.90. The molecule has 5 nitrogen and oxygen atoms in total. The van der Waals surface area contributed by atoms with E-state index in [4.69, 9.17) is 25.8 Å². The second-order valence-corrected chi connectivity index (χ2v) is 7.69. The molecule has 0 unspecified atom stereocenters. The van der Waals surface area contributed by atoms with Crippen molar-refractivity contribution < 1.29 is 19.0 Å². The maximum absolute atomic E-state index is 12.7. The van der Waals surface area contributed by atoms with Crippen molar-refractivity contribution in [2.75, 3.05) is 25.6 Å². The van der Waals surface area contributed by atoms with Crippen molar-refractivity contribution in [3.8, 4) is 5.75 Å². The average Bonchev–Trinajstić information content (AvgIpc) is 2.63. The normalized spacial score (nSPS) is 22.7. The highest BCUT2D eigenvalue weighted by atomic mass is 79.9. The Morgan fingerprint density at radius 1 is 1.23 bits per heavy atom. The van der Waals surface area contributed by atoms with Gasteiger partial charge in [0.05, 0.1) is 30.8 Å². The fourth-order valence-corrected chi connectivity index (χ4v) is 3.10. The second kappa shape index (κ2) is 7.96. The highest BCUT2D eigenvalue weighted by Crippen LogP contribution is 2.34. The summed E-state index contributed by atoms with van der Waals surface area (Å²) < 4.78 is 17.7. The SMILES string of the molecule is COc1ccc(NC(=O)C2(C)COC(c3ccc(Br)cc3)OC2)cc1Cl. The van der Waals surface area contributed by atoms with Gasteiger partial charge < -0.3 is 19.5 Å². The summed E-state index contributed by atoms with van der Waals surface area (Å²) in [6.07, 6.45) is -0.473. The van der Waals surface area contributed by atoms with Crippen LogP contribution in [-0.2, 0) is 14.3 Å². The van der Waals surface area contributed by atoms with E-state index in [-0.39, 0.29) is 19.1 Å². The summed E-state index contributed by atoms with van der Waals surface area (Å²) >= 11 is 9.50. The van der Waals surface area contributed by atoms with Gasteiger partial charge in [-0.3, -0.25) is 4.79 Å². The smallest absolute Gasteiger partial charge is 0.234 e. The summed E-state index contributed by atoms with van der Waals surface area (Å²) in [5.74, 6) is 0.366. The van der Waals surface area contributed by atoms with Crippen LogP contribution < -0.4 is 10.1 Å². The quantitative estimate of drug-likeness (QED) is 0.742. The van der Waals surface area contributed by atoms with Gasteiger partial charge in [-0.1, -0.05) is 39.7 Å². The molecule has 0 spiro atoms. The highest BCUT2D eigenvalue weighted by molar-refractivity contribution is 9.10. The first-order chi connectivity index (χ1) is 12.4. The molecule has 1 N–H and O–H groups in total. The zero-order valence-corrected chi connectivity index (χ0v) is 16.8. The lowest BCUT2D eigenvalue weighted by Crippen LogP contribution is -2.45. The Hall–Kier alpha value is -1.60. The molecule has 1 fully saturated rings. The maximum Gasteiger partial charge on any atom is 0.234 e. The Labute approximate surface area is 165 Å². The molecule has 1 aliphatic rings. The highest BCUT2D eigenvalue weighted by Gasteiger charge is 2.40. The lowest BCUT2D eigenvalue weighted by Gasteiger charge is -2.36. The van der Waals surface area contributed by atoms with E-state index in [1.54, 1.807) is 25.3 Å². The van der Waals surface area contributed by atoms with E-state index < -0.39 is 11.7 Å². The zero-order chi connectivity index (χ0) is 18.7. The van der Waals surface area contributed by atoms with Crippen molar-refractivity contribution in [2.24, 2.45) is 5.41 Å². The lowest BCUT2D eigenvalue weighted by molar-refractivity contribution is -0.226. The van der Waals surface area contributed by atoms with Crippen molar-refractivity contribution in [1.82, 2.24) is 0 Å². The fourth-order valence-electron chi connectivity index (χ4n) is 2.58. The largest absolute Gasteiger partial charge is 0.495 e. The molecule has 2 aromatic rings. The van der Waals surface area contributed by atoms with Crippen LogP contribution in [0.3, 0.4) is 0 Å². The van der Waals surface area contributed by atoms with Gasteiger partial charge in [0.2, 0.25) is 5.91 Å². The van der Waals surface area contributed by atoms with Crippen LogP contribution >= 0.6 is 27.5 Å². The third-order valence-electron chi connectivity index (χ3n) is 4.21. The summed E-state index contributed by atoms with van der Waals surface area (Å²) in [6, 6.07) is 12.8. The second-order valence-electron chi connectivity index (χ2n) is 6.37. The molecule has 0 aromatic heterocycles. The molecule has 0 aliphatic carbocycles. The predicted molar refractivity (Wildman–Crippen MR) is 104 cm³/mol. The maximum atomic E-state index is 12.7. The Kier molecular flexibility index (Phi) is 5.87. The van der Waals surface area contributed by atoms with Crippen LogP contribution in [0.5, 0.6) is 5.75 Å². The van der Waals surface area contributed by atoms with E-state index in [1.807, 2.05) is 31.2 Å². The standard InChI is InChI=1S/C19H19BrClNO4/c1-19(18(23)22-14-7-8-16(24-2)15(21)9-14)10-25-17(26-11-19)12-3-5-13(20)6-4-12/h3-9,17H,10-11H2,1-2H3,(H,22,23). The minimum Gasteiger partial charge on any atom is -0.495 e. The average molecular weight is 441 g/mol. The first-order valence-corrected chi connectivity index (χ1v) is 9.22. The molecule has 1 aliphatic heterocycles. The number of methoxy groups -OCH3 is 1. The molecule has 26 heavy (non-hydrogen) atoms. The third-order valence-corrected chi connectivity index (χ3v) is 5.03. The Balaban J connectivity index is 1.63. The Bertz CT molecular complexity index is 789. The van der Waals surface area contributed by atoms with Crippen LogP contribution in [0, 0.1) is 5.41 Å². The molecule has 2 aromatic carbocycles. The van der Waals surface area contributed by atoms with Gasteiger partial charge >= 0.3 is 0 Å². The molecule has 0 bridgehead atoms. The van der Waals surface area contributed by atoms with Gasteiger partial charge in [-0.25, -0.2) is 0 Å². The number of halogens is 2. The van der Waals surface area contributed by atoms with Crippen molar-refractivity contribution in [3.05, 3.63) is 57.5 Å². The van der Waals surface area contributed by atoms with Gasteiger partial charge in [0.1, 0.15) is 5.75 Å². The third kappa shape index (κ3) is 4.20. The van der Waals surface area contributed by atoms with Crippen LogP contribution in [0.25, 0.3) is 0 Å². The van der Waals surface area contributed by atoms with E-state index in [1.165, 1.54) is 0 Å². The van der Waals surface area contributed by atoms with Gasteiger partial charge in [0.25, 0.3) is 0 Å². The van der Waals surface area contributed by atoms with Crippen molar-refractivity contribution in [2.45, 2.75) is 13.2 Å². The molecule has 3 rings (SSSR count). The van der Waals surface area contributed by atoms with E-state index in [0.717, 1.165) is 10.0 Å². The van der Waals surface area contributed by atoms with Crippen molar-refractivity contribution >= 4 is 39.1 Å². The number of benzene rings is 2. The first kappa shape index (κ1) is 19.2. The van der Waals surface area contributed by atoms with E-state index in [9.17, 15) is 4.79 Å². The van der Waals surface area contributed by atoms with E-state index in [2.05, 4.69) is 21.2 Å². The number of ether oxygens (including phenoxy) is 3. The molecule has 0 saturated carbocycles. The molecule has 138 valence electrons. The molecule has 0 radical (unpaired) electrons. The van der Waals surface area contributed by atoms with E-state index >= 15 is 0 Å². The number of hydrogen-bond acceptors (Lipinski definition) is 4. The molecule has 1 saturated heterocycles. The number of carbonyl (C=O) groups is 1. The number of amides is 1. The Morgan fingerprint density at radius 2 is 1.88 bits per heavy atom. The summed E-state index contributed by atoms with van der Waals surface area (Å²) in [6.45, 7) is 2.32. The zero-order valence-electron chi connectivity index (χ0n) is 14.4. The van der Waals surface area contributed by atoms with Gasteiger partial charge in [-0.2, -0.15) is 0 Å². The summed E-state index contributed by atoms with van der Waals surface area (Å²) in [7, 11) is 1.54. The summed E-state index contributed by atoms with van der Waals surface area (Å²) in [5.41, 5.74) is 0.716. The topological polar surface area (TPSA) is 56.8 Å². The van der Waals surface area contributed by atoms with Crippen molar-refractivity contribution in [3.63, 3.8) is 0 Å². The summed E-state index contributed by atoms with van der Waals surface area (Å²) in [4.78, 5) is 12.7. The monoisotopic (exact) mass is 439 g/mol. The summed E-state index contributed by atoms with van der Waals surface area (Å²) in [5, 5.41) is 3.29. The van der Waals surface area contributed by atoms with Gasteiger partial charge in [0.15, 0.2) is 6.29 Å². The first-order valence-electron chi connectivity index (χ1n) is 8.05. The number of rotatable bonds is 4. The number of nitrogens with one attached hydrogen (secondary N) is 1. The van der Waals surface area contributed by atoms with Gasteiger partial charge in [-0.05, 0) is 37.3 Å². The van der Waals surface area contributed by atoms with Crippen LogP contribution in [0.15, 0.2) is 46.9 Å². The fraction of sp³-hybridized carbons (Fsp3) is 0.316. The predicted octanol–water partition coefficient (Wildman–Crippen LogP) is 4.80. The van der Waals surface area contributed by atoms with E-state index in [0.29, 0.717) is 16.5 Å². The van der Waals surface area contributed by atoms with Crippen molar-refractivity contribution in [1.29, 1.82) is 0 Å². The van der Waals surface area contributed by atoms with Crippen LogP contribution in [0.1, 0.15) is 18.8 Å². The van der Waals surface area contributed by atoms with Crippen LogP contribution in [-0.4, -0.2) is 26.2 Å². The minimum absolute atomic E-state index is 0.187. The molecule has 1 heterocycles. The number of hydrogen-bond donors (Lipinski definition) is 1. The Morgan fingerprint density at radius 3 is 2.46 bits per heavy atom. The van der Waals surface area contributed by atoms with Gasteiger partial charge in [-0.15, -0.1) is 0 Å². The molecule has 0 atom stereocenters. The molecule has 7 heteroatoms. The molecular formula is C19H19BrClNO4. The minimum atomic E-state index is -0.793. The number of carbonyl (C=O) groups excluding carboxylic acids is 1. The van der Waals surface area contributed by atoms with Crippen LogP contribution in [0.4, 0.5) is 5.69 Å². The van der Waals surface area contributed by atoms with Gasteiger partial charge in [0, 0.05) is 15.7 Å². The molecular weight excluding hydrogens is 422 g/mol.